The van der Waals surface area contributed by atoms with E-state index >= 15 is 0 Å². The number of benzene rings is 2. The molecule has 0 aliphatic rings. The van der Waals surface area contributed by atoms with E-state index in [0.29, 0.717) is 16.3 Å². The van der Waals surface area contributed by atoms with Gasteiger partial charge >= 0.3 is 5.97 Å². The highest BCUT2D eigenvalue weighted by atomic mass is 35.5. The molecule has 0 aliphatic heterocycles. The molecule has 0 unspecified atom stereocenters. The summed E-state index contributed by atoms with van der Waals surface area (Å²) in [4.78, 5) is 10.6. The van der Waals surface area contributed by atoms with Gasteiger partial charge in [-0.25, -0.2) is 9.18 Å². The van der Waals surface area contributed by atoms with Crippen LogP contribution in [0.5, 0.6) is 11.5 Å². The molecule has 0 bridgehead atoms. The van der Waals surface area contributed by atoms with E-state index < -0.39 is 11.8 Å². The van der Waals surface area contributed by atoms with Crippen LogP contribution in [0.2, 0.25) is 10.0 Å². The number of hydrogen-bond acceptors (Lipinski definition) is 2. The summed E-state index contributed by atoms with van der Waals surface area (Å²) in [6.45, 7) is 0. The molecule has 0 aromatic heterocycles. The van der Waals surface area contributed by atoms with E-state index in [2.05, 4.69) is 0 Å². The van der Waals surface area contributed by atoms with Crippen LogP contribution in [0.15, 0.2) is 42.5 Å². The SMILES string of the molecule is O=C(O)C=Cc1c(Cl)cccc1Oc1ccc(F)cc1Cl. The molecule has 1 N–H and O–H groups in total. The van der Waals surface area contributed by atoms with Gasteiger partial charge < -0.3 is 9.84 Å². The normalized spacial score (nSPS) is 10.8. The van der Waals surface area contributed by atoms with E-state index in [4.69, 9.17) is 33.0 Å². The Labute approximate surface area is 130 Å². The summed E-state index contributed by atoms with van der Waals surface area (Å²) >= 11 is 11.9. The van der Waals surface area contributed by atoms with Crippen molar-refractivity contribution < 1.29 is 19.0 Å². The molecule has 0 amide bonds. The van der Waals surface area contributed by atoms with Crippen LogP contribution in [-0.4, -0.2) is 11.1 Å². The second kappa shape index (κ2) is 6.61. The molecule has 2 aromatic carbocycles. The first-order chi connectivity index (χ1) is 9.97. The molecule has 2 aromatic rings. The molecule has 3 nitrogen and oxygen atoms in total. The van der Waals surface area contributed by atoms with Crippen molar-refractivity contribution in [3.8, 4) is 11.5 Å². The van der Waals surface area contributed by atoms with Gasteiger partial charge in [0, 0.05) is 11.6 Å². The number of carboxylic acid groups (broad SMARTS) is 1. The number of rotatable bonds is 4. The van der Waals surface area contributed by atoms with Gasteiger partial charge in [0.1, 0.15) is 17.3 Å². The van der Waals surface area contributed by atoms with Crippen LogP contribution in [0, 0.1) is 5.82 Å². The Morgan fingerprint density at radius 1 is 1.14 bits per heavy atom. The molecule has 2 rings (SSSR count). The standard InChI is InChI=1S/C15H9Cl2FO3/c16-11-2-1-3-13(10(11)5-7-15(19)20)21-14-6-4-9(18)8-12(14)17/h1-8H,(H,19,20). The van der Waals surface area contributed by atoms with E-state index in [-0.39, 0.29) is 10.8 Å². The molecule has 6 heteroatoms. The Morgan fingerprint density at radius 3 is 2.57 bits per heavy atom. The summed E-state index contributed by atoms with van der Waals surface area (Å²) in [7, 11) is 0. The summed E-state index contributed by atoms with van der Waals surface area (Å²) in [5.41, 5.74) is 0.391. The Bertz CT molecular complexity index is 714. The van der Waals surface area contributed by atoms with Crippen molar-refractivity contribution in [3.05, 3.63) is 63.9 Å². The maximum absolute atomic E-state index is 13.0. The van der Waals surface area contributed by atoms with Gasteiger partial charge in [0.15, 0.2) is 0 Å². The third kappa shape index (κ3) is 3.97. The Hall–Kier alpha value is -2.04. The van der Waals surface area contributed by atoms with Gasteiger partial charge in [0.05, 0.1) is 10.0 Å². The van der Waals surface area contributed by atoms with Gasteiger partial charge in [-0.05, 0) is 36.4 Å². The van der Waals surface area contributed by atoms with E-state index in [0.717, 1.165) is 12.1 Å². The van der Waals surface area contributed by atoms with Crippen molar-refractivity contribution in [1.29, 1.82) is 0 Å². The fraction of sp³-hybridized carbons (Fsp3) is 0. The number of halogens is 3. The first-order valence-electron chi connectivity index (χ1n) is 5.80. The van der Waals surface area contributed by atoms with Gasteiger partial charge in [-0.1, -0.05) is 29.3 Å². The number of carboxylic acids is 1. The number of ether oxygens (including phenoxy) is 1. The Kier molecular flexibility index (Phi) is 4.83. The second-order valence-corrected chi connectivity index (χ2v) is 4.81. The second-order valence-electron chi connectivity index (χ2n) is 4.00. The van der Waals surface area contributed by atoms with Gasteiger partial charge in [-0.15, -0.1) is 0 Å². The lowest BCUT2D eigenvalue weighted by Crippen LogP contribution is -1.91. The highest BCUT2D eigenvalue weighted by Crippen LogP contribution is 2.35. The predicted octanol–water partition coefficient (Wildman–Crippen LogP) is 5.02. The zero-order chi connectivity index (χ0) is 15.4. The van der Waals surface area contributed by atoms with Crippen molar-refractivity contribution in [2.75, 3.05) is 0 Å². The van der Waals surface area contributed by atoms with Crippen LogP contribution in [0.3, 0.4) is 0 Å². The molecule has 21 heavy (non-hydrogen) atoms. The molecule has 0 atom stereocenters. The molecular formula is C15H9Cl2FO3. The lowest BCUT2D eigenvalue weighted by atomic mass is 10.2. The first kappa shape index (κ1) is 15.4. The van der Waals surface area contributed by atoms with E-state index in [1.807, 2.05) is 0 Å². The minimum atomic E-state index is -1.11. The Balaban J connectivity index is 2.40. The van der Waals surface area contributed by atoms with Crippen LogP contribution in [0.1, 0.15) is 5.56 Å². The van der Waals surface area contributed by atoms with E-state index in [9.17, 15) is 9.18 Å². The molecule has 0 radical (unpaired) electrons. The third-order valence-corrected chi connectivity index (χ3v) is 3.14. The zero-order valence-corrected chi connectivity index (χ0v) is 12.0. The highest BCUT2D eigenvalue weighted by Gasteiger charge is 2.10. The predicted molar refractivity (Wildman–Crippen MR) is 79.6 cm³/mol. The topological polar surface area (TPSA) is 46.5 Å². The summed E-state index contributed by atoms with van der Waals surface area (Å²) in [5.74, 6) is -1.04. The van der Waals surface area contributed by atoms with Crippen LogP contribution in [0.4, 0.5) is 4.39 Å². The van der Waals surface area contributed by atoms with Crippen molar-refractivity contribution in [1.82, 2.24) is 0 Å². The van der Waals surface area contributed by atoms with Crippen molar-refractivity contribution >= 4 is 35.2 Å². The minimum Gasteiger partial charge on any atom is -0.478 e. The maximum atomic E-state index is 13.0. The fourth-order valence-electron chi connectivity index (χ4n) is 1.60. The van der Waals surface area contributed by atoms with Gasteiger partial charge in [-0.3, -0.25) is 0 Å². The fourth-order valence-corrected chi connectivity index (χ4v) is 2.03. The van der Waals surface area contributed by atoms with Gasteiger partial charge in [0.25, 0.3) is 0 Å². The first-order valence-corrected chi connectivity index (χ1v) is 6.55. The molecule has 108 valence electrons. The summed E-state index contributed by atoms with van der Waals surface area (Å²) in [6, 6.07) is 8.55. The molecule has 0 saturated carbocycles. The quantitative estimate of drug-likeness (QED) is 0.802. The maximum Gasteiger partial charge on any atom is 0.328 e. The van der Waals surface area contributed by atoms with Crippen LogP contribution >= 0.6 is 23.2 Å². The highest BCUT2D eigenvalue weighted by molar-refractivity contribution is 6.32. The van der Waals surface area contributed by atoms with Crippen molar-refractivity contribution in [2.24, 2.45) is 0 Å². The molecule has 0 heterocycles. The van der Waals surface area contributed by atoms with Crippen LogP contribution in [-0.2, 0) is 4.79 Å². The average Bonchev–Trinajstić information content (AvgIpc) is 2.41. The smallest absolute Gasteiger partial charge is 0.328 e. The monoisotopic (exact) mass is 326 g/mol. The number of aliphatic carboxylic acids is 1. The zero-order valence-electron chi connectivity index (χ0n) is 10.5. The molecule has 0 aliphatic carbocycles. The molecular weight excluding hydrogens is 318 g/mol. The number of carbonyl (C=O) groups is 1. The van der Waals surface area contributed by atoms with Crippen molar-refractivity contribution in [2.45, 2.75) is 0 Å². The lowest BCUT2D eigenvalue weighted by Gasteiger charge is -2.11. The summed E-state index contributed by atoms with van der Waals surface area (Å²) in [6.07, 6.45) is 2.26. The van der Waals surface area contributed by atoms with Crippen molar-refractivity contribution in [3.63, 3.8) is 0 Å². The summed E-state index contributed by atoms with van der Waals surface area (Å²) < 4.78 is 18.6. The lowest BCUT2D eigenvalue weighted by molar-refractivity contribution is -0.131. The van der Waals surface area contributed by atoms with Gasteiger partial charge in [-0.2, -0.15) is 0 Å². The van der Waals surface area contributed by atoms with Crippen LogP contribution < -0.4 is 4.74 Å². The van der Waals surface area contributed by atoms with E-state index in [1.165, 1.54) is 18.2 Å². The molecule has 0 saturated heterocycles. The Morgan fingerprint density at radius 2 is 1.90 bits per heavy atom. The largest absolute Gasteiger partial charge is 0.478 e. The third-order valence-electron chi connectivity index (χ3n) is 2.52. The van der Waals surface area contributed by atoms with E-state index in [1.54, 1.807) is 18.2 Å². The summed E-state index contributed by atoms with van der Waals surface area (Å²) in [5, 5.41) is 9.11. The molecule has 0 fully saturated rings. The van der Waals surface area contributed by atoms with Gasteiger partial charge in [0.2, 0.25) is 0 Å². The number of hydrogen-bond donors (Lipinski definition) is 1. The average molecular weight is 327 g/mol. The minimum absolute atomic E-state index is 0.100. The molecule has 0 spiro atoms. The van der Waals surface area contributed by atoms with Crippen LogP contribution in [0.25, 0.3) is 6.08 Å².